The van der Waals surface area contributed by atoms with Crippen LogP contribution in [0.4, 0.5) is 4.79 Å². The minimum atomic E-state index is -0.662. The van der Waals surface area contributed by atoms with Crippen molar-refractivity contribution in [3.8, 4) is 5.75 Å². The maximum absolute atomic E-state index is 12.2. The van der Waals surface area contributed by atoms with E-state index in [9.17, 15) is 14.4 Å². The first-order valence-electron chi connectivity index (χ1n) is 6.80. The van der Waals surface area contributed by atoms with Gasteiger partial charge >= 0.3 is 12.0 Å². The van der Waals surface area contributed by atoms with Gasteiger partial charge in [-0.05, 0) is 53.3 Å². The fraction of sp³-hybridized carbons (Fsp3) is 0.267. The van der Waals surface area contributed by atoms with Gasteiger partial charge in [0, 0.05) is 0 Å². The second kappa shape index (κ2) is 7.44. The van der Waals surface area contributed by atoms with Crippen molar-refractivity contribution in [2.45, 2.75) is 6.92 Å². The zero-order valence-electron chi connectivity index (χ0n) is 12.6. The van der Waals surface area contributed by atoms with E-state index in [0.29, 0.717) is 6.61 Å². The number of nitrogens with zero attached hydrogens (tertiary/aromatic N) is 1. The maximum atomic E-state index is 12.2. The number of urea groups is 1. The monoisotopic (exact) mass is 430 g/mol. The lowest BCUT2D eigenvalue weighted by atomic mass is 10.2. The summed E-state index contributed by atoms with van der Waals surface area (Å²) < 4.78 is 10.8. The van der Waals surface area contributed by atoms with Crippen molar-refractivity contribution >= 4 is 46.6 Å². The number of ether oxygens (including phenoxy) is 2. The Kier molecular flexibility index (Phi) is 5.59. The number of esters is 1. The van der Waals surface area contributed by atoms with E-state index in [0.717, 1.165) is 19.8 Å². The van der Waals surface area contributed by atoms with Crippen LogP contribution in [0.2, 0.25) is 0 Å². The fourth-order valence-corrected chi connectivity index (χ4v) is 2.65. The van der Waals surface area contributed by atoms with Gasteiger partial charge in [-0.3, -0.25) is 9.59 Å². The molecule has 1 aliphatic heterocycles. The van der Waals surface area contributed by atoms with Crippen LogP contribution in [0.3, 0.4) is 0 Å². The van der Waals surface area contributed by atoms with Gasteiger partial charge in [0.2, 0.25) is 0 Å². The molecule has 7 nitrogen and oxygen atoms in total. The summed E-state index contributed by atoms with van der Waals surface area (Å²) in [6.45, 7) is 2.04. The molecule has 0 spiro atoms. The number of methoxy groups -OCH3 is 1. The van der Waals surface area contributed by atoms with Gasteiger partial charge in [-0.15, -0.1) is 0 Å². The Morgan fingerprint density at radius 2 is 2.13 bits per heavy atom. The molecule has 1 saturated heterocycles. The van der Waals surface area contributed by atoms with Crippen molar-refractivity contribution in [1.82, 2.24) is 10.2 Å². The molecule has 0 aromatic heterocycles. The number of carbonyl (C=O) groups excluding carboxylic acids is 3. The minimum absolute atomic E-state index is 0.110. The average Bonchev–Trinajstić information content (AvgIpc) is 2.77. The number of carbonyl (C=O) groups is 3. The van der Waals surface area contributed by atoms with Crippen LogP contribution < -0.4 is 10.1 Å². The van der Waals surface area contributed by atoms with Gasteiger partial charge < -0.3 is 14.8 Å². The normalized spacial score (nSPS) is 15.8. The molecule has 0 bridgehead atoms. The van der Waals surface area contributed by atoms with Crippen LogP contribution in [0.25, 0.3) is 6.08 Å². The SMILES string of the molecule is CCOc1ccc(/C=C2/NC(=O)N(CC(=O)OC)C2=O)cc1I. The van der Waals surface area contributed by atoms with Gasteiger partial charge in [0.25, 0.3) is 5.91 Å². The average molecular weight is 430 g/mol. The van der Waals surface area contributed by atoms with Gasteiger partial charge in [-0.25, -0.2) is 9.69 Å². The predicted octanol–water partition coefficient (Wildman–Crippen LogP) is 1.76. The summed E-state index contributed by atoms with van der Waals surface area (Å²) in [4.78, 5) is 36.0. The highest BCUT2D eigenvalue weighted by molar-refractivity contribution is 14.1. The largest absolute Gasteiger partial charge is 0.493 e. The molecule has 23 heavy (non-hydrogen) atoms. The molecule has 122 valence electrons. The first-order valence-corrected chi connectivity index (χ1v) is 7.87. The molecule has 1 aliphatic rings. The Hall–Kier alpha value is -2.10. The van der Waals surface area contributed by atoms with E-state index >= 15 is 0 Å². The first-order chi connectivity index (χ1) is 11.0. The van der Waals surface area contributed by atoms with Crippen molar-refractivity contribution in [2.24, 2.45) is 0 Å². The summed E-state index contributed by atoms with van der Waals surface area (Å²) in [7, 11) is 1.19. The number of amides is 3. The molecule has 1 N–H and O–H groups in total. The third-order valence-corrected chi connectivity index (χ3v) is 3.89. The van der Waals surface area contributed by atoms with Crippen LogP contribution >= 0.6 is 22.6 Å². The van der Waals surface area contributed by atoms with Crippen LogP contribution in [0.1, 0.15) is 12.5 Å². The Labute approximate surface area is 146 Å². The first kappa shape index (κ1) is 17.3. The van der Waals surface area contributed by atoms with Gasteiger partial charge in [0.1, 0.15) is 18.0 Å². The van der Waals surface area contributed by atoms with Crippen LogP contribution in [0.15, 0.2) is 23.9 Å². The lowest BCUT2D eigenvalue weighted by molar-refractivity contribution is -0.143. The molecule has 1 fully saturated rings. The Bertz CT molecular complexity index is 686. The standard InChI is InChI=1S/C15H15IN2O5/c1-3-23-12-5-4-9(6-10(12)16)7-11-14(20)18(15(21)17-11)8-13(19)22-2/h4-7H,3,8H2,1-2H3,(H,17,21)/b11-7+. The number of hydrogen-bond donors (Lipinski definition) is 1. The van der Waals surface area contributed by atoms with Gasteiger partial charge in [0.15, 0.2) is 0 Å². The Balaban J connectivity index is 2.20. The molecular weight excluding hydrogens is 415 g/mol. The summed E-state index contributed by atoms with van der Waals surface area (Å²) in [5.41, 5.74) is 0.847. The quantitative estimate of drug-likeness (QED) is 0.333. The van der Waals surface area contributed by atoms with Crippen molar-refractivity contribution in [3.05, 3.63) is 33.0 Å². The summed E-state index contributed by atoms with van der Waals surface area (Å²) in [5, 5.41) is 2.45. The van der Waals surface area contributed by atoms with Gasteiger partial charge in [0.05, 0.1) is 17.3 Å². The molecule has 1 aromatic carbocycles. The molecule has 0 radical (unpaired) electrons. The predicted molar refractivity (Wildman–Crippen MR) is 90.6 cm³/mol. The summed E-state index contributed by atoms with van der Waals surface area (Å²) in [5.74, 6) is -0.473. The van der Waals surface area contributed by atoms with Gasteiger partial charge in [-0.2, -0.15) is 0 Å². The molecule has 1 heterocycles. The van der Waals surface area contributed by atoms with E-state index in [1.807, 2.05) is 13.0 Å². The van der Waals surface area contributed by atoms with Crippen molar-refractivity contribution in [2.75, 3.05) is 20.3 Å². The molecule has 0 saturated carbocycles. The van der Waals surface area contributed by atoms with E-state index in [1.54, 1.807) is 18.2 Å². The lowest BCUT2D eigenvalue weighted by Gasteiger charge is -2.09. The van der Waals surface area contributed by atoms with Crippen molar-refractivity contribution in [3.63, 3.8) is 0 Å². The number of hydrogen-bond acceptors (Lipinski definition) is 5. The van der Waals surface area contributed by atoms with E-state index in [1.165, 1.54) is 7.11 Å². The van der Waals surface area contributed by atoms with Crippen LogP contribution in [-0.4, -0.2) is 43.1 Å². The third-order valence-electron chi connectivity index (χ3n) is 3.04. The molecule has 0 unspecified atom stereocenters. The summed E-state index contributed by atoms with van der Waals surface area (Å²) in [6, 6.07) is 4.77. The zero-order valence-corrected chi connectivity index (χ0v) is 14.7. The zero-order chi connectivity index (χ0) is 17.0. The van der Waals surface area contributed by atoms with Crippen LogP contribution in [0, 0.1) is 3.57 Å². The Morgan fingerprint density at radius 1 is 1.39 bits per heavy atom. The number of benzene rings is 1. The highest BCUT2D eigenvalue weighted by Crippen LogP contribution is 2.24. The molecular formula is C15H15IN2O5. The number of halogens is 1. The van der Waals surface area contributed by atoms with Crippen LogP contribution in [-0.2, 0) is 14.3 Å². The van der Waals surface area contributed by atoms with E-state index < -0.39 is 24.5 Å². The molecule has 2 rings (SSSR count). The molecule has 3 amide bonds. The molecule has 0 aliphatic carbocycles. The molecule has 8 heteroatoms. The number of rotatable bonds is 5. The smallest absolute Gasteiger partial charge is 0.329 e. The highest BCUT2D eigenvalue weighted by Gasteiger charge is 2.35. The van der Waals surface area contributed by atoms with E-state index in [2.05, 4.69) is 32.6 Å². The Morgan fingerprint density at radius 3 is 2.74 bits per heavy atom. The topological polar surface area (TPSA) is 84.9 Å². The lowest BCUT2D eigenvalue weighted by Crippen LogP contribution is -2.36. The van der Waals surface area contributed by atoms with Crippen LogP contribution in [0.5, 0.6) is 5.75 Å². The minimum Gasteiger partial charge on any atom is -0.493 e. The summed E-state index contributed by atoms with van der Waals surface area (Å²) >= 11 is 2.13. The molecule has 1 aromatic rings. The van der Waals surface area contributed by atoms with Crippen molar-refractivity contribution < 1.29 is 23.9 Å². The number of nitrogens with one attached hydrogen (secondary N) is 1. The third kappa shape index (κ3) is 4.01. The highest BCUT2D eigenvalue weighted by atomic mass is 127. The fourth-order valence-electron chi connectivity index (χ4n) is 1.95. The molecule has 0 atom stereocenters. The maximum Gasteiger partial charge on any atom is 0.329 e. The number of imide groups is 1. The summed E-state index contributed by atoms with van der Waals surface area (Å²) in [6.07, 6.45) is 1.55. The second-order valence-electron chi connectivity index (χ2n) is 4.58. The van der Waals surface area contributed by atoms with E-state index in [-0.39, 0.29) is 5.70 Å². The van der Waals surface area contributed by atoms with E-state index in [4.69, 9.17) is 4.74 Å². The second-order valence-corrected chi connectivity index (χ2v) is 5.74. The van der Waals surface area contributed by atoms with Gasteiger partial charge in [-0.1, -0.05) is 6.07 Å². The van der Waals surface area contributed by atoms with Crippen molar-refractivity contribution in [1.29, 1.82) is 0 Å².